The summed E-state index contributed by atoms with van der Waals surface area (Å²) in [6.07, 6.45) is 2.87. The van der Waals surface area contributed by atoms with Crippen LogP contribution in [0, 0.1) is 6.92 Å². The van der Waals surface area contributed by atoms with Gasteiger partial charge in [0.25, 0.3) is 0 Å². The van der Waals surface area contributed by atoms with Crippen molar-refractivity contribution in [2.75, 3.05) is 6.54 Å². The summed E-state index contributed by atoms with van der Waals surface area (Å²) in [5.74, 6) is 0.995. The fourth-order valence-corrected chi connectivity index (χ4v) is 3.39. The maximum atomic E-state index is 5.82. The third-order valence-electron chi connectivity index (χ3n) is 3.61. The van der Waals surface area contributed by atoms with E-state index in [9.17, 15) is 0 Å². The summed E-state index contributed by atoms with van der Waals surface area (Å²) < 4.78 is 5.82. The summed E-state index contributed by atoms with van der Waals surface area (Å²) in [4.78, 5) is 1.41. The number of hydrogen-bond acceptors (Lipinski definition) is 3. The van der Waals surface area contributed by atoms with E-state index in [0.717, 1.165) is 12.3 Å². The molecule has 20 heavy (non-hydrogen) atoms. The third kappa shape index (κ3) is 3.05. The summed E-state index contributed by atoms with van der Waals surface area (Å²) in [5, 5.41) is 5.75. The molecule has 0 radical (unpaired) electrons. The fraction of sp³-hybridized carbons (Fsp3) is 0.412. The number of benzene rings is 1. The molecule has 0 bridgehead atoms. The maximum absolute atomic E-state index is 5.82. The first-order chi connectivity index (χ1) is 9.78. The van der Waals surface area contributed by atoms with Crippen molar-refractivity contribution in [2.24, 2.45) is 0 Å². The van der Waals surface area contributed by atoms with Gasteiger partial charge in [-0.15, -0.1) is 11.3 Å². The number of nitrogens with one attached hydrogen (secondary N) is 1. The lowest BCUT2D eigenvalue weighted by Crippen LogP contribution is -2.21. The molecule has 3 rings (SSSR count). The van der Waals surface area contributed by atoms with Crippen LogP contribution in [0.15, 0.2) is 35.7 Å². The van der Waals surface area contributed by atoms with E-state index in [1.165, 1.54) is 28.8 Å². The predicted octanol–water partition coefficient (Wildman–Crippen LogP) is 4.30. The normalized spacial score (nSPS) is 16.1. The van der Waals surface area contributed by atoms with Gasteiger partial charge in [-0.2, -0.15) is 0 Å². The smallest absolute Gasteiger partial charge is 0.119 e. The number of rotatable bonds is 6. The van der Waals surface area contributed by atoms with Crippen molar-refractivity contribution in [3.8, 4) is 5.75 Å². The van der Waals surface area contributed by atoms with Crippen molar-refractivity contribution in [1.82, 2.24) is 5.32 Å². The van der Waals surface area contributed by atoms with E-state index in [1.807, 2.05) is 11.3 Å². The van der Waals surface area contributed by atoms with Gasteiger partial charge in [-0.25, -0.2) is 0 Å². The molecule has 0 aliphatic heterocycles. The predicted molar refractivity (Wildman–Crippen MR) is 84.7 cm³/mol. The summed E-state index contributed by atoms with van der Waals surface area (Å²) in [6, 6.07) is 11.0. The summed E-state index contributed by atoms with van der Waals surface area (Å²) in [6.45, 7) is 5.30. The van der Waals surface area contributed by atoms with Crippen LogP contribution >= 0.6 is 11.3 Å². The van der Waals surface area contributed by atoms with Crippen LogP contribution in [0.1, 0.15) is 41.8 Å². The quantitative estimate of drug-likeness (QED) is 0.855. The lowest BCUT2D eigenvalue weighted by molar-refractivity contribution is 0.303. The van der Waals surface area contributed by atoms with Gasteiger partial charge in [-0.1, -0.05) is 19.1 Å². The average molecular weight is 287 g/mol. The average Bonchev–Trinajstić information content (AvgIpc) is 3.17. The molecule has 106 valence electrons. The maximum Gasteiger partial charge on any atom is 0.119 e. The van der Waals surface area contributed by atoms with Crippen LogP contribution < -0.4 is 10.1 Å². The second-order valence-electron chi connectivity index (χ2n) is 5.34. The van der Waals surface area contributed by atoms with Crippen molar-refractivity contribution in [2.45, 2.75) is 38.8 Å². The molecule has 1 aliphatic rings. The standard InChI is InChI=1S/C17H21NOS/c1-3-18-16(17-12(2)10-11-20-17)13-4-6-14(7-5-13)19-15-8-9-15/h4-7,10-11,15-16,18H,3,8-9H2,1-2H3. The molecule has 0 amide bonds. The van der Waals surface area contributed by atoms with E-state index in [2.05, 4.69) is 54.9 Å². The third-order valence-corrected chi connectivity index (χ3v) is 4.70. The monoisotopic (exact) mass is 287 g/mol. The number of aryl methyl sites for hydroxylation is 1. The lowest BCUT2D eigenvalue weighted by Gasteiger charge is -2.18. The molecule has 3 heteroatoms. The van der Waals surface area contributed by atoms with E-state index in [0.29, 0.717) is 6.10 Å². The Morgan fingerprint density at radius 2 is 2.00 bits per heavy atom. The van der Waals surface area contributed by atoms with Crippen LogP contribution in [-0.2, 0) is 0 Å². The van der Waals surface area contributed by atoms with E-state index < -0.39 is 0 Å². The van der Waals surface area contributed by atoms with Gasteiger partial charge in [0.15, 0.2) is 0 Å². The highest BCUT2D eigenvalue weighted by molar-refractivity contribution is 7.10. The SMILES string of the molecule is CCNC(c1ccc(OC2CC2)cc1)c1sccc1C. The van der Waals surface area contributed by atoms with Gasteiger partial charge in [0.2, 0.25) is 0 Å². The Kier molecular flexibility index (Phi) is 4.08. The van der Waals surface area contributed by atoms with E-state index in [-0.39, 0.29) is 6.04 Å². The zero-order valence-corrected chi connectivity index (χ0v) is 12.9. The van der Waals surface area contributed by atoms with Gasteiger partial charge in [0.05, 0.1) is 12.1 Å². The molecular weight excluding hydrogens is 266 g/mol. The minimum Gasteiger partial charge on any atom is -0.490 e. The molecule has 1 unspecified atom stereocenters. The molecule has 0 saturated heterocycles. The molecule has 2 nitrogen and oxygen atoms in total. The highest BCUT2D eigenvalue weighted by Crippen LogP contribution is 2.31. The van der Waals surface area contributed by atoms with Crippen LogP contribution in [0.3, 0.4) is 0 Å². The highest BCUT2D eigenvalue weighted by Gasteiger charge is 2.23. The Labute approximate surface area is 124 Å². The number of thiophene rings is 1. The summed E-state index contributed by atoms with van der Waals surface area (Å²) >= 11 is 1.82. The number of ether oxygens (including phenoxy) is 1. The van der Waals surface area contributed by atoms with E-state index in [1.54, 1.807) is 0 Å². The fourth-order valence-electron chi connectivity index (χ4n) is 2.36. The summed E-state index contributed by atoms with van der Waals surface area (Å²) in [7, 11) is 0. The molecule has 2 aromatic rings. The van der Waals surface area contributed by atoms with Gasteiger partial charge in [-0.3, -0.25) is 0 Å². The second-order valence-corrected chi connectivity index (χ2v) is 6.29. The first-order valence-corrected chi connectivity index (χ1v) is 8.20. The van der Waals surface area contributed by atoms with Crippen molar-refractivity contribution in [1.29, 1.82) is 0 Å². The molecule has 1 aromatic heterocycles. The van der Waals surface area contributed by atoms with Crippen LogP contribution in [0.4, 0.5) is 0 Å². The Balaban J connectivity index is 1.81. The van der Waals surface area contributed by atoms with Crippen LogP contribution in [0.25, 0.3) is 0 Å². The second kappa shape index (κ2) is 5.98. The molecular formula is C17H21NOS. The largest absolute Gasteiger partial charge is 0.490 e. The van der Waals surface area contributed by atoms with Crippen molar-refractivity contribution >= 4 is 11.3 Å². The Hall–Kier alpha value is -1.32. The minimum absolute atomic E-state index is 0.287. The van der Waals surface area contributed by atoms with Gasteiger partial charge < -0.3 is 10.1 Å². The molecule has 1 aliphatic carbocycles. The van der Waals surface area contributed by atoms with E-state index >= 15 is 0 Å². The molecule has 1 saturated carbocycles. The van der Waals surface area contributed by atoms with Gasteiger partial charge in [-0.05, 0) is 61.0 Å². The minimum atomic E-state index is 0.287. The van der Waals surface area contributed by atoms with Crippen molar-refractivity contribution in [3.63, 3.8) is 0 Å². The van der Waals surface area contributed by atoms with Crippen molar-refractivity contribution in [3.05, 3.63) is 51.7 Å². The first-order valence-electron chi connectivity index (χ1n) is 7.32. The molecule has 1 N–H and O–H groups in total. The molecule has 1 aromatic carbocycles. The van der Waals surface area contributed by atoms with Gasteiger partial charge in [0.1, 0.15) is 5.75 Å². The Morgan fingerprint density at radius 1 is 1.25 bits per heavy atom. The van der Waals surface area contributed by atoms with Crippen LogP contribution in [-0.4, -0.2) is 12.6 Å². The highest BCUT2D eigenvalue weighted by atomic mass is 32.1. The zero-order chi connectivity index (χ0) is 13.9. The van der Waals surface area contributed by atoms with Crippen molar-refractivity contribution < 1.29 is 4.74 Å². The molecule has 1 atom stereocenters. The Bertz CT molecular complexity index is 557. The first kappa shape index (κ1) is 13.7. The Morgan fingerprint density at radius 3 is 2.55 bits per heavy atom. The summed E-state index contributed by atoms with van der Waals surface area (Å²) in [5.41, 5.74) is 2.67. The zero-order valence-electron chi connectivity index (χ0n) is 12.1. The molecule has 0 spiro atoms. The topological polar surface area (TPSA) is 21.3 Å². The van der Waals surface area contributed by atoms with Crippen LogP contribution in [0.2, 0.25) is 0 Å². The lowest BCUT2D eigenvalue weighted by atomic mass is 10.0. The van der Waals surface area contributed by atoms with Gasteiger partial charge >= 0.3 is 0 Å². The van der Waals surface area contributed by atoms with Crippen LogP contribution in [0.5, 0.6) is 5.75 Å². The molecule has 1 fully saturated rings. The number of hydrogen-bond donors (Lipinski definition) is 1. The molecule has 1 heterocycles. The van der Waals surface area contributed by atoms with Gasteiger partial charge in [0, 0.05) is 4.88 Å². The van der Waals surface area contributed by atoms with E-state index in [4.69, 9.17) is 4.74 Å².